The van der Waals surface area contributed by atoms with Crippen molar-refractivity contribution in [1.82, 2.24) is 20.1 Å². The van der Waals surface area contributed by atoms with E-state index in [0.29, 0.717) is 12.5 Å². The number of hydrogen-bond donors (Lipinski definition) is 1. The fraction of sp³-hybridized carbons (Fsp3) is 0.812. The van der Waals surface area contributed by atoms with E-state index in [0.717, 1.165) is 37.0 Å². The topological polar surface area (TPSA) is 59.8 Å². The molecule has 0 aromatic carbocycles. The minimum Gasteiger partial charge on any atom is -0.353 e. The van der Waals surface area contributed by atoms with E-state index in [1.54, 1.807) is 11.0 Å². The van der Waals surface area contributed by atoms with Crippen molar-refractivity contribution in [1.29, 1.82) is 0 Å². The van der Waals surface area contributed by atoms with Crippen molar-refractivity contribution in [3.8, 4) is 0 Å². The van der Waals surface area contributed by atoms with E-state index in [4.69, 9.17) is 0 Å². The van der Waals surface area contributed by atoms with Gasteiger partial charge in [-0.1, -0.05) is 0 Å². The van der Waals surface area contributed by atoms with Crippen LogP contribution in [0.4, 0.5) is 0 Å². The van der Waals surface area contributed by atoms with Crippen molar-refractivity contribution in [2.45, 2.75) is 51.5 Å². The second-order valence-electron chi connectivity index (χ2n) is 7.63. The normalized spacial score (nSPS) is 38.4. The average molecular weight is 288 g/mol. The Hall–Kier alpha value is -1.39. The third kappa shape index (κ3) is 2.27. The smallest absolute Gasteiger partial charge is 0.226 e. The Morgan fingerprint density at radius 1 is 1.29 bits per heavy atom. The molecule has 4 aliphatic rings. The Morgan fingerprint density at radius 2 is 1.90 bits per heavy atom. The molecule has 5 rings (SSSR count). The predicted octanol–water partition coefficient (Wildman–Crippen LogP) is 2.17. The standard InChI is InChI=1S/C16H24N4O/c1-11(20-10-17-9-19-20)8-18-15(21)16-5-12-2-13(6-16)4-14(3-12)7-16/h9-14H,2-8H2,1H3,(H,18,21). The van der Waals surface area contributed by atoms with Gasteiger partial charge in [-0.25, -0.2) is 9.67 Å². The van der Waals surface area contributed by atoms with E-state index in [1.165, 1.54) is 25.6 Å². The van der Waals surface area contributed by atoms with Crippen LogP contribution < -0.4 is 5.32 Å². The molecule has 1 aromatic heterocycles. The number of nitrogens with one attached hydrogen (secondary N) is 1. The summed E-state index contributed by atoms with van der Waals surface area (Å²) in [5.41, 5.74) is -0.0448. The van der Waals surface area contributed by atoms with Crippen LogP contribution >= 0.6 is 0 Å². The van der Waals surface area contributed by atoms with E-state index in [9.17, 15) is 4.79 Å². The van der Waals surface area contributed by atoms with Gasteiger partial charge in [-0.3, -0.25) is 4.79 Å². The lowest BCUT2D eigenvalue weighted by Crippen LogP contribution is -2.54. The Bertz CT molecular complexity index is 489. The molecule has 0 radical (unpaired) electrons. The Morgan fingerprint density at radius 3 is 2.43 bits per heavy atom. The van der Waals surface area contributed by atoms with Crippen LogP contribution in [0, 0.1) is 23.2 Å². The lowest BCUT2D eigenvalue weighted by Gasteiger charge is -2.55. The molecule has 4 bridgehead atoms. The Balaban J connectivity index is 1.41. The molecule has 1 amide bonds. The number of amides is 1. The first kappa shape index (κ1) is 13.3. The summed E-state index contributed by atoms with van der Waals surface area (Å²) in [6.07, 6.45) is 10.8. The number of rotatable bonds is 4. The lowest BCUT2D eigenvalue weighted by atomic mass is 9.49. The van der Waals surface area contributed by atoms with E-state index < -0.39 is 0 Å². The quantitative estimate of drug-likeness (QED) is 0.923. The van der Waals surface area contributed by atoms with Gasteiger partial charge in [0.2, 0.25) is 5.91 Å². The highest BCUT2D eigenvalue weighted by molar-refractivity contribution is 5.83. The minimum atomic E-state index is -0.0448. The summed E-state index contributed by atoms with van der Waals surface area (Å²) >= 11 is 0. The monoisotopic (exact) mass is 288 g/mol. The summed E-state index contributed by atoms with van der Waals surface area (Å²) in [7, 11) is 0. The van der Waals surface area contributed by atoms with Gasteiger partial charge in [0.25, 0.3) is 0 Å². The molecule has 1 aromatic rings. The molecular weight excluding hydrogens is 264 g/mol. The first-order chi connectivity index (χ1) is 10.1. The summed E-state index contributed by atoms with van der Waals surface area (Å²) in [5.74, 6) is 2.74. The maximum absolute atomic E-state index is 12.8. The van der Waals surface area contributed by atoms with Gasteiger partial charge in [-0.2, -0.15) is 5.10 Å². The van der Waals surface area contributed by atoms with Crippen molar-refractivity contribution < 1.29 is 4.79 Å². The maximum atomic E-state index is 12.8. The molecular formula is C16H24N4O. The van der Waals surface area contributed by atoms with Gasteiger partial charge in [-0.05, 0) is 63.2 Å². The fourth-order valence-corrected chi connectivity index (χ4v) is 5.36. The van der Waals surface area contributed by atoms with Crippen molar-refractivity contribution in [3.63, 3.8) is 0 Å². The van der Waals surface area contributed by atoms with Gasteiger partial charge in [0, 0.05) is 12.0 Å². The fourth-order valence-electron chi connectivity index (χ4n) is 5.36. The first-order valence-corrected chi connectivity index (χ1v) is 8.27. The van der Waals surface area contributed by atoms with Crippen LogP contribution in [0.2, 0.25) is 0 Å². The second-order valence-corrected chi connectivity index (χ2v) is 7.63. The number of hydrogen-bond acceptors (Lipinski definition) is 3. The van der Waals surface area contributed by atoms with E-state index in [-0.39, 0.29) is 11.5 Å². The van der Waals surface area contributed by atoms with Crippen LogP contribution in [0.25, 0.3) is 0 Å². The molecule has 4 saturated carbocycles. The van der Waals surface area contributed by atoms with Gasteiger partial charge < -0.3 is 5.32 Å². The second kappa shape index (κ2) is 4.82. The molecule has 4 fully saturated rings. The largest absolute Gasteiger partial charge is 0.353 e. The predicted molar refractivity (Wildman–Crippen MR) is 78.3 cm³/mol. The van der Waals surface area contributed by atoms with Crippen molar-refractivity contribution in [2.24, 2.45) is 23.2 Å². The third-order valence-corrected chi connectivity index (χ3v) is 5.97. The van der Waals surface area contributed by atoms with Gasteiger partial charge in [0.1, 0.15) is 12.7 Å². The molecule has 5 heteroatoms. The molecule has 21 heavy (non-hydrogen) atoms. The summed E-state index contributed by atoms with van der Waals surface area (Å²) in [6.45, 7) is 2.71. The zero-order valence-electron chi connectivity index (χ0n) is 12.7. The van der Waals surface area contributed by atoms with Crippen LogP contribution in [0.1, 0.15) is 51.5 Å². The van der Waals surface area contributed by atoms with Gasteiger partial charge >= 0.3 is 0 Å². The highest BCUT2D eigenvalue weighted by atomic mass is 16.2. The molecule has 1 N–H and O–H groups in total. The molecule has 0 saturated heterocycles. The maximum Gasteiger partial charge on any atom is 0.226 e. The van der Waals surface area contributed by atoms with Gasteiger partial charge in [0.05, 0.1) is 6.04 Å². The average Bonchev–Trinajstić information content (AvgIpc) is 2.97. The summed E-state index contributed by atoms with van der Waals surface area (Å²) in [6, 6.07) is 0.158. The lowest BCUT2D eigenvalue weighted by molar-refractivity contribution is -0.146. The zero-order valence-corrected chi connectivity index (χ0v) is 12.7. The number of carbonyl (C=O) groups excluding carboxylic acids is 1. The number of nitrogens with zero attached hydrogens (tertiary/aromatic N) is 3. The summed E-state index contributed by atoms with van der Waals surface area (Å²) < 4.78 is 1.81. The Labute approximate surface area is 125 Å². The molecule has 1 heterocycles. The third-order valence-electron chi connectivity index (χ3n) is 5.97. The molecule has 1 unspecified atom stereocenters. The summed E-state index contributed by atoms with van der Waals surface area (Å²) in [4.78, 5) is 16.8. The molecule has 4 aliphatic carbocycles. The van der Waals surface area contributed by atoms with Crippen LogP contribution in [-0.2, 0) is 4.79 Å². The summed E-state index contributed by atoms with van der Waals surface area (Å²) in [5, 5.41) is 7.34. The molecule has 1 atom stereocenters. The Kier molecular flexibility index (Phi) is 3.05. The zero-order chi connectivity index (χ0) is 14.4. The van der Waals surface area contributed by atoms with Gasteiger partial charge in [0.15, 0.2) is 0 Å². The van der Waals surface area contributed by atoms with Crippen molar-refractivity contribution >= 4 is 5.91 Å². The highest BCUT2D eigenvalue weighted by Gasteiger charge is 2.54. The van der Waals surface area contributed by atoms with Crippen LogP contribution in [-0.4, -0.2) is 27.2 Å². The first-order valence-electron chi connectivity index (χ1n) is 8.27. The number of aromatic nitrogens is 3. The van der Waals surface area contributed by atoms with Crippen LogP contribution in [0.15, 0.2) is 12.7 Å². The van der Waals surface area contributed by atoms with Crippen molar-refractivity contribution in [2.75, 3.05) is 6.54 Å². The molecule has 0 spiro atoms. The minimum absolute atomic E-state index is 0.0448. The number of carbonyl (C=O) groups is 1. The highest BCUT2D eigenvalue weighted by Crippen LogP contribution is 2.60. The van der Waals surface area contributed by atoms with Crippen LogP contribution in [0.5, 0.6) is 0 Å². The van der Waals surface area contributed by atoms with Crippen molar-refractivity contribution in [3.05, 3.63) is 12.7 Å². The van der Waals surface area contributed by atoms with E-state index in [2.05, 4.69) is 22.3 Å². The van der Waals surface area contributed by atoms with Gasteiger partial charge in [-0.15, -0.1) is 0 Å². The SMILES string of the molecule is CC(CNC(=O)C12CC3CC(CC(C3)C1)C2)n1cncn1. The molecule has 5 nitrogen and oxygen atoms in total. The molecule has 0 aliphatic heterocycles. The van der Waals surface area contributed by atoms with E-state index >= 15 is 0 Å². The van der Waals surface area contributed by atoms with E-state index in [1.807, 2.05) is 0 Å². The van der Waals surface area contributed by atoms with Crippen LogP contribution in [0.3, 0.4) is 0 Å². The molecule has 114 valence electrons.